The van der Waals surface area contributed by atoms with Crippen LogP contribution in [-0.4, -0.2) is 20.4 Å². The molecule has 2 aromatic rings. The second kappa shape index (κ2) is 5.36. The van der Waals surface area contributed by atoms with Gasteiger partial charge in [0.05, 0.1) is 24.0 Å². The van der Waals surface area contributed by atoms with Gasteiger partial charge in [-0.25, -0.2) is 9.97 Å². The fraction of sp³-hybridized carbons (Fsp3) is 0.188. The molecule has 0 atom stereocenters. The number of carbonyl (C=O) groups excluding carboxylic acids is 1. The zero-order chi connectivity index (χ0) is 14.8. The second-order valence-corrected chi connectivity index (χ2v) is 4.82. The lowest BCUT2D eigenvalue weighted by molar-refractivity contribution is -0.115. The minimum Gasteiger partial charge on any atom is -0.310 e. The molecule has 1 aliphatic rings. The number of fused-ring (bicyclic) bond motifs is 1. The van der Waals surface area contributed by atoms with Gasteiger partial charge in [-0.3, -0.25) is 4.79 Å². The molecular weight excluding hydrogens is 264 g/mol. The van der Waals surface area contributed by atoms with Crippen LogP contribution in [0.4, 0.5) is 5.82 Å². The first-order valence-corrected chi connectivity index (χ1v) is 6.87. The van der Waals surface area contributed by atoms with E-state index < -0.39 is 0 Å². The predicted octanol–water partition coefficient (Wildman–Crippen LogP) is 2.52. The average molecular weight is 280 g/mol. The topological polar surface area (TPSA) is 59.8 Å². The van der Waals surface area contributed by atoms with E-state index in [9.17, 15) is 4.79 Å². The number of nitrogens with zero attached hydrogens (tertiary/aromatic N) is 3. The van der Waals surface area contributed by atoms with Gasteiger partial charge in [0.15, 0.2) is 0 Å². The fourth-order valence-electron chi connectivity index (χ4n) is 2.49. The van der Waals surface area contributed by atoms with Crippen LogP contribution in [-0.2, 0) is 17.6 Å². The third kappa shape index (κ3) is 2.38. The zero-order valence-corrected chi connectivity index (χ0v) is 11.8. The van der Waals surface area contributed by atoms with Crippen molar-refractivity contribution in [1.29, 1.82) is 0 Å². The fourth-order valence-corrected chi connectivity index (χ4v) is 2.49. The first kappa shape index (κ1) is 13.3. The van der Waals surface area contributed by atoms with Crippen molar-refractivity contribution < 1.29 is 4.79 Å². The molecule has 5 nitrogen and oxygen atoms in total. The number of imidazole rings is 1. The SMILES string of the molecule is C=C/C=C\c1ncn(-c2cnc3c(c2)CC(=O)N3)c1CC. The van der Waals surface area contributed by atoms with E-state index in [1.807, 2.05) is 22.8 Å². The van der Waals surface area contributed by atoms with Gasteiger partial charge < -0.3 is 9.88 Å². The standard InChI is InChI=1S/C16H16N4O/c1-3-5-6-13-14(4-2)20(10-18-13)12-7-11-8-15(21)19-16(11)17-9-12/h3,5-7,9-10H,1,4,8H2,2H3,(H,17,19,21)/b6-5-. The molecule has 3 rings (SSSR count). The van der Waals surface area contributed by atoms with Crippen molar-refractivity contribution in [2.45, 2.75) is 19.8 Å². The van der Waals surface area contributed by atoms with Gasteiger partial charge in [0.1, 0.15) is 12.1 Å². The summed E-state index contributed by atoms with van der Waals surface area (Å²) in [6.07, 6.45) is 10.3. The quantitative estimate of drug-likeness (QED) is 0.875. The maximum absolute atomic E-state index is 11.4. The van der Waals surface area contributed by atoms with Crippen molar-refractivity contribution in [2.75, 3.05) is 5.32 Å². The van der Waals surface area contributed by atoms with Crippen molar-refractivity contribution >= 4 is 17.8 Å². The molecule has 21 heavy (non-hydrogen) atoms. The number of aromatic nitrogens is 3. The molecule has 0 unspecified atom stereocenters. The Morgan fingerprint density at radius 3 is 3.10 bits per heavy atom. The molecule has 3 heterocycles. The Kier molecular flexibility index (Phi) is 3.39. The Morgan fingerprint density at radius 2 is 2.33 bits per heavy atom. The molecule has 1 amide bonds. The van der Waals surface area contributed by atoms with E-state index in [4.69, 9.17) is 0 Å². The summed E-state index contributed by atoms with van der Waals surface area (Å²) in [6, 6.07) is 1.99. The van der Waals surface area contributed by atoms with E-state index in [0.717, 1.165) is 29.1 Å². The van der Waals surface area contributed by atoms with Crippen LogP contribution in [0.15, 0.2) is 37.3 Å². The lowest BCUT2D eigenvalue weighted by Gasteiger charge is -2.08. The highest BCUT2D eigenvalue weighted by molar-refractivity contribution is 5.98. The molecule has 2 aromatic heterocycles. The molecule has 5 heteroatoms. The number of hydrogen-bond donors (Lipinski definition) is 1. The van der Waals surface area contributed by atoms with Gasteiger partial charge >= 0.3 is 0 Å². The van der Waals surface area contributed by atoms with Crippen LogP contribution in [0.2, 0.25) is 0 Å². The normalized spacial score (nSPS) is 13.5. The molecule has 0 spiro atoms. The molecule has 0 saturated heterocycles. The third-order valence-corrected chi connectivity index (χ3v) is 3.46. The van der Waals surface area contributed by atoms with Crippen molar-refractivity contribution in [3.05, 3.63) is 54.3 Å². The van der Waals surface area contributed by atoms with Gasteiger partial charge in [-0.1, -0.05) is 25.7 Å². The molecule has 1 N–H and O–H groups in total. The molecular formula is C16H16N4O. The van der Waals surface area contributed by atoms with E-state index in [1.54, 1.807) is 18.6 Å². The molecule has 0 saturated carbocycles. The van der Waals surface area contributed by atoms with E-state index in [-0.39, 0.29) is 5.91 Å². The molecule has 106 valence electrons. The van der Waals surface area contributed by atoms with Gasteiger partial charge in [0.25, 0.3) is 0 Å². The number of anilines is 1. The second-order valence-electron chi connectivity index (χ2n) is 4.82. The maximum atomic E-state index is 11.4. The number of nitrogens with one attached hydrogen (secondary N) is 1. The molecule has 0 bridgehead atoms. The Morgan fingerprint density at radius 1 is 1.48 bits per heavy atom. The summed E-state index contributed by atoms with van der Waals surface area (Å²) in [5, 5.41) is 2.74. The van der Waals surface area contributed by atoms with Crippen LogP contribution in [0.1, 0.15) is 23.9 Å². The first-order valence-electron chi connectivity index (χ1n) is 6.87. The zero-order valence-electron chi connectivity index (χ0n) is 11.8. The smallest absolute Gasteiger partial charge is 0.230 e. The summed E-state index contributed by atoms with van der Waals surface area (Å²) in [6.45, 7) is 5.76. The Hall–Kier alpha value is -2.69. The van der Waals surface area contributed by atoms with Crippen LogP contribution >= 0.6 is 0 Å². The van der Waals surface area contributed by atoms with Gasteiger partial charge in [-0.2, -0.15) is 0 Å². The van der Waals surface area contributed by atoms with Gasteiger partial charge in [0.2, 0.25) is 5.91 Å². The number of rotatable bonds is 4. The van der Waals surface area contributed by atoms with Crippen molar-refractivity contribution in [3.8, 4) is 5.69 Å². The summed E-state index contributed by atoms with van der Waals surface area (Å²) >= 11 is 0. The lowest BCUT2D eigenvalue weighted by atomic mass is 10.2. The van der Waals surface area contributed by atoms with Crippen LogP contribution in [0.5, 0.6) is 0 Å². The average Bonchev–Trinajstić information content (AvgIpc) is 3.05. The van der Waals surface area contributed by atoms with Crippen LogP contribution in [0, 0.1) is 0 Å². The van der Waals surface area contributed by atoms with E-state index in [1.165, 1.54) is 0 Å². The van der Waals surface area contributed by atoms with Crippen molar-refractivity contribution in [2.24, 2.45) is 0 Å². The molecule has 0 aliphatic carbocycles. The molecule has 1 aliphatic heterocycles. The summed E-state index contributed by atoms with van der Waals surface area (Å²) in [7, 11) is 0. The number of pyridine rings is 1. The number of hydrogen-bond acceptors (Lipinski definition) is 3. The highest BCUT2D eigenvalue weighted by Gasteiger charge is 2.20. The molecule has 0 radical (unpaired) electrons. The monoisotopic (exact) mass is 280 g/mol. The third-order valence-electron chi connectivity index (χ3n) is 3.46. The van der Waals surface area contributed by atoms with Gasteiger partial charge in [0, 0.05) is 11.3 Å². The summed E-state index contributed by atoms with van der Waals surface area (Å²) < 4.78 is 2.01. The van der Waals surface area contributed by atoms with Gasteiger partial charge in [-0.15, -0.1) is 0 Å². The van der Waals surface area contributed by atoms with Crippen LogP contribution in [0.3, 0.4) is 0 Å². The number of carbonyl (C=O) groups is 1. The Labute approximate surface area is 123 Å². The summed E-state index contributed by atoms with van der Waals surface area (Å²) in [4.78, 5) is 20.1. The first-order chi connectivity index (χ1) is 10.2. The molecule has 0 aromatic carbocycles. The summed E-state index contributed by atoms with van der Waals surface area (Å²) in [5.41, 5.74) is 3.88. The van der Waals surface area contributed by atoms with Crippen molar-refractivity contribution in [3.63, 3.8) is 0 Å². The minimum absolute atomic E-state index is 0.00870. The predicted molar refractivity (Wildman–Crippen MR) is 82.3 cm³/mol. The van der Waals surface area contributed by atoms with E-state index in [2.05, 4.69) is 28.8 Å². The van der Waals surface area contributed by atoms with E-state index in [0.29, 0.717) is 12.2 Å². The van der Waals surface area contributed by atoms with Crippen LogP contribution < -0.4 is 5.32 Å². The number of allylic oxidation sites excluding steroid dienone is 2. The largest absolute Gasteiger partial charge is 0.310 e. The minimum atomic E-state index is -0.00870. The van der Waals surface area contributed by atoms with Crippen molar-refractivity contribution in [1.82, 2.24) is 14.5 Å². The highest BCUT2D eigenvalue weighted by Crippen LogP contribution is 2.24. The Bertz CT molecular complexity index is 743. The lowest BCUT2D eigenvalue weighted by Crippen LogP contribution is -2.04. The highest BCUT2D eigenvalue weighted by atomic mass is 16.1. The summed E-state index contributed by atoms with van der Waals surface area (Å²) in [5.74, 6) is 0.652. The van der Waals surface area contributed by atoms with Gasteiger partial charge in [-0.05, 0) is 18.6 Å². The molecule has 0 fully saturated rings. The van der Waals surface area contributed by atoms with Crippen LogP contribution in [0.25, 0.3) is 11.8 Å². The number of amides is 1. The Balaban J connectivity index is 2.03. The van der Waals surface area contributed by atoms with E-state index >= 15 is 0 Å². The maximum Gasteiger partial charge on any atom is 0.230 e.